The average molecular weight is 373 g/mol. The molecule has 0 amide bonds. The first-order valence-corrected chi connectivity index (χ1v) is 8.49. The van der Waals surface area contributed by atoms with E-state index in [9.17, 15) is 4.39 Å². The molecule has 134 valence electrons. The van der Waals surface area contributed by atoms with E-state index in [2.05, 4.69) is 10.5 Å². The Labute approximate surface area is 154 Å². The SMILES string of the molecule is NC(=S)N/N=C1\C[C@@H](c2ccc3c(c2)OCCO3)Oc2ccc(F)cc21. The Bertz CT molecular complexity index is 903. The van der Waals surface area contributed by atoms with Gasteiger partial charge < -0.3 is 19.9 Å². The van der Waals surface area contributed by atoms with Crippen LogP contribution < -0.4 is 25.4 Å². The maximum Gasteiger partial charge on any atom is 0.184 e. The zero-order chi connectivity index (χ0) is 18.1. The Morgan fingerprint density at radius 3 is 2.69 bits per heavy atom. The van der Waals surface area contributed by atoms with E-state index < -0.39 is 0 Å². The van der Waals surface area contributed by atoms with Gasteiger partial charge in [0.15, 0.2) is 16.6 Å². The first-order valence-electron chi connectivity index (χ1n) is 8.08. The Morgan fingerprint density at radius 2 is 1.88 bits per heavy atom. The normalized spacial score (nSPS) is 19.4. The van der Waals surface area contributed by atoms with E-state index in [0.717, 1.165) is 5.56 Å². The van der Waals surface area contributed by atoms with E-state index in [1.165, 1.54) is 12.1 Å². The van der Waals surface area contributed by atoms with Crippen molar-refractivity contribution in [3.8, 4) is 17.2 Å². The van der Waals surface area contributed by atoms with Gasteiger partial charge in [0.25, 0.3) is 0 Å². The van der Waals surface area contributed by atoms with Crippen LogP contribution in [0, 0.1) is 5.82 Å². The first-order chi connectivity index (χ1) is 12.6. The lowest BCUT2D eigenvalue weighted by Crippen LogP contribution is -2.28. The van der Waals surface area contributed by atoms with Crippen LogP contribution in [0.3, 0.4) is 0 Å². The number of nitrogens with one attached hydrogen (secondary N) is 1. The number of halogens is 1. The number of fused-ring (bicyclic) bond motifs is 2. The van der Waals surface area contributed by atoms with Gasteiger partial charge in [-0.05, 0) is 48.1 Å². The molecule has 0 aliphatic carbocycles. The summed E-state index contributed by atoms with van der Waals surface area (Å²) in [6, 6.07) is 10.00. The van der Waals surface area contributed by atoms with Gasteiger partial charge in [-0.1, -0.05) is 6.07 Å². The van der Waals surface area contributed by atoms with Crippen molar-refractivity contribution in [2.75, 3.05) is 13.2 Å². The third-order valence-corrected chi connectivity index (χ3v) is 4.23. The predicted molar refractivity (Wildman–Crippen MR) is 98.3 cm³/mol. The summed E-state index contributed by atoms with van der Waals surface area (Å²) < 4.78 is 30.9. The van der Waals surface area contributed by atoms with Crippen molar-refractivity contribution in [1.82, 2.24) is 5.43 Å². The summed E-state index contributed by atoms with van der Waals surface area (Å²) in [5.74, 6) is 1.57. The Kier molecular flexibility index (Phi) is 4.34. The second kappa shape index (κ2) is 6.80. The van der Waals surface area contributed by atoms with Gasteiger partial charge in [0.05, 0.1) is 5.71 Å². The van der Waals surface area contributed by atoms with Crippen LogP contribution in [0.25, 0.3) is 0 Å². The van der Waals surface area contributed by atoms with Crippen LogP contribution in [0.15, 0.2) is 41.5 Å². The second-order valence-electron chi connectivity index (χ2n) is 5.89. The molecule has 4 rings (SSSR count). The number of ether oxygens (including phenoxy) is 3. The molecule has 2 heterocycles. The molecule has 2 aromatic carbocycles. The molecule has 0 fully saturated rings. The Morgan fingerprint density at radius 1 is 1.12 bits per heavy atom. The number of thiocarbonyl (C=S) groups is 1. The zero-order valence-electron chi connectivity index (χ0n) is 13.7. The zero-order valence-corrected chi connectivity index (χ0v) is 14.5. The van der Waals surface area contributed by atoms with Crippen molar-refractivity contribution in [3.63, 3.8) is 0 Å². The number of benzene rings is 2. The summed E-state index contributed by atoms with van der Waals surface area (Å²) in [6.45, 7) is 1.04. The maximum atomic E-state index is 13.7. The summed E-state index contributed by atoms with van der Waals surface area (Å²) in [5, 5.41) is 4.27. The third-order valence-electron chi connectivity index (χ3n) is 4.14. The summed E-state index contributed by atoms with van der Waals surface area (Å²) >= 11 is 4.80. The average Bonchev–Trinajstić information content (AvgIpc) is 2.65. The first kappa shape index (κ1) is 16.6. The summed E-state index contributed by atoms with van der Waals surface area (Å²) in [5.41, 5.74) is 10.1. The van der Waals surface area contributed by atoms with E-state index in [1.807, 2.05) is 18.2 Å². The minimum Gasteiger partial charge on any atom is -0.486 e. The predicted octanol–water partition coefficient (Wildman–Crippen LogP) is 2.66. The molecule has 8 heteroatoms. The molecular weight excluding hydrogens is 357 g/mol. The minimum absolute atomic E-state index is 0.0397. The number of hydrogen-bond acceptors (Lipinski definition) is 5. The monoisotopic (exact) mass is 373 g/mol. The van der Waals surface area contributed by atoms with E-state index in [1.54, 1.807) is 6.07 Å². The molecule has 0 spiro atoms. The van der Waals surface area contributed by atoms with Crippen LogP contribution in [0.4, 0.5) is 4.39 Å². The quantitative estimate of drug-likeness (QED) is 0.623. The molecule has 0 saturated carbocycles. The van der Waals surface area contributed by atoms with Crippen LogP contribution in [-0.2, 0) is 0 Å². The van der Waals surface area contributed by atoms with E-state index in [4.69, 9.17) is 32.2 Å². The van der Waals surface area contributed by atoms with Crippen LogP contribution in [0.1, 0.15) is 23.7 Å². The molecule has 2 aliphatic heterocycles. The van der Waals surface area contributed by atoms with Crippen molar-refractivity contribution in [2.24, 2.45) is 10.8 Å². The molecule has 2 aliphatic rings. The highest BCUT2D eigenvalue weighted by Gasteiger charge is 2.28. The molecule has 0 bridgehead atoms. The summed E-state index contributed by atoms with van der Waals surface area (Å²) in [6.07, 6.45) is 0.113. The van der Waals surface area contributed by atoms with E-state index in [0.29, 0.717) is 48.2 Å². The van der Waals surface area contributed by atoms with Crippen LogP contribution in [0.5, 0.6) is 17.2 Å². The van der Waals surface area contributed by atoms with Gasteiger partial charge in [0.2, 0.25) is 0 Å². The van der Waals surface area contributed by atoms with Crippen LogP contribution >= 0.6 is 12.2 Å². The fourth-order valence-corrected chi connectivity index (χ4v) is 3.03. The Balaban J connectivity index is 1.69. The topological polar surface area (TPSA) is 78.1 Å². The Hall–Kier alpha value is -2.87. The van der Waals surface area contributed by atoms with Gasteiger partial charge >= 0.3 is 0 Å². The highest BCUT2D eigenvalue weighted by molar-refractivity contribution is 7.80. The lowest BCUT2D eigenvalue weighted by atomic mass is 9.95. The molecule has 1 atom stereocenters. The van der Waals surface area contributed by atoms with E-state index >= 15 is 0 Å². The van der Waals surface area contributed by atoms with Crippen molar-refractivity contribution < 1.29 is 18.6 Å². The lowest BCUT2D eigenvalue weighted by molar-refractivity contribution is 0.169. The summed E-state index contributed by atoms with van der Waals surface area (Å²) in [4.78, 5) is 0. The van der Waals surface area contributed by atoms with Crippen molar-refractivity contribution >= 4 is 23.0 Å². The van der Waals surface area contributed by atoms with Crippen LogP contribution in [-0.4, -0.2) is 24.0 Å². The number of nitrogens with zero attached hydrogens (tertiary/aromatic N) is 1. The smallest absolute Gasteiger partial charge is 0.184 e. The van der Waals surface area contributed by atoms with Gasteiger partial charge in [-0.3, -0.25) is 5.43 Å². The van der Waals surface area contributed by atoms with Gasteiger partial charge in [-0.2, -0.15) is 5.10 Å². The molecular formula is C18H16FN3O3S. The minimum atomic E-state index is -0.367. The second-order valence-corrected chi connectivity index (χ2v) is 6.33. The fourth-order valence-electron chi connectivity index (χ4n) is 2.99. The molecule has 0 aromatic heterocycles. The van der Waals surface area contributed by atoms with Crippen molar-refractivity contribution in [1.29, 1.82) is 0 Å². The molecule has 0 saturated heterocycles. The molecule has 2 aromatic rings. The number of hydrazone groups is 1. The highest BCUT2D eigenvalue weighted by Crippen LogP contribution is 2.39. The lowest BCUT2D eigenvalue weighted by Gasteiger charge is -2.28. The largest absolute Gasteiger partial charge is 0.486 e. The number of hydrogen-bond donors (Lipinski definition) is 2. The summed E-state index contributed by atoms with van der Waals surface area (Å²) in [7, 11) is 0. The fraction of sp³-hybridized carbons (Fsp3) is 0.222. The number of rotatable bonds is 2. The van der Waals surface area contributed by atoms with Crippen LogP contribution in [0.2, 0.25) is 0 Å². The van der Waals surface area contributed by atoms with Gasteiger partial charge in [0.1, 0.15) is 30.9 Å². The molecule has 0 radical (unpaired) electrons. The molecule has 3 N–H and O–H groups in total. The van der Waals surface area contributed by atoms with Gasteiger partial charge in [-0.25, -0.2) is 4.39 Å². The number of nitrogens with two attached hydrogens (primary N) is 1. The van der Waals surface area contributed by atoms with Crippen molar-refractivity contribution in [2.45, 2.75) is 12.5 Å². The maximum absolute atomic E-state index is 13.7. The third kappa shape index (κ3) is 3.28. The molecule has 26 heavy (non-hydrogen) atoms. The standard InChI is InChI=1S/C18H16FN3O3S/c19-11-2-4-14-12(8-11)13(21-22-18(20)26)9-16(25-14)10-1-3-15-17(7-10)24-6-5-23-15/h1-4,7-8,16H,5-6,9H2,(H3,20,22,26)/b21-13+/t16-/m0/s1. The highest BCUT2D eigenvalue weighted by atomic mass is 32.1. The van der Waals surface area contributed by atoms with Gasteiger partial charge in [-0.15, -0.1) is 0 Å². The molecule has 0 unspecified atom stereocenters. The van der Waals surface area contributed by atoms with Gasteiger partial charge in [0, 0.05) is 12.0 Å². The molecule has 6 nitrogen and oxygen atoms in total. The van der Waals surface area contributed by atoms with E-state index in [-0.39, 0.29) is 17.0 Å². The van der Waals surface area contributed by atoms with Crippen molar-refractivity contribution in [3.05, 3.63) is 53.3 Å².